The van der Waals surface area contributed by atoms with E-state index in [1.807, 2.05) is 5.32 Å². The van der Waals surface area contributed by atoms with Crippen molar-refractivity contribution in [3.8, 4) is 0 Å². The lowest BCUT2D eigenvalue weighted by Gasteiger charge is -2.11. The Morgan fingerprint density at radius 3 is 2.79 bits per heavy atom. The monoisotopic (exact) mass is 446 g/mol. The van der Waals surface area contributed by atoms with Crippen molar-refractivity contribution in [2.24, 2.45) is 0 Å². The van der Waals surface area contributed by atoms with E-state index in [1.165, 1.54) is 23.2 Å². The molecular formula is C16H13F3N4O4S2. The van der Waals surface area contributed by atoms with Gasteiger partial charge in [-0.1, -0.05) is 11.8 Å². The molecule has 2 aromatic heterocycles. The Hall–Kier alpha value is -2.80. The Bertz CT molecular complexity index is 910. The highest BCUT2D eigenvalue weighted by Crippen LogP contribution is 2.38. The van der Waals surface area contributed by atoms with Crippen molar-refractivity contribution in [3.05, 3.63) is 35.5 Å². The number of alkyl carbamates (subject to hydrolysis) is 1. The van der Waals surface area contributed by atoms with Crippen LogP contribution in [-0.2, 0) is 9.53 Å². The predicted octanol–water partition coefficient (Wildman–Crippen LogP) is 3.44. The van der Waals surface area contributed by atoms with Gasteiger partial charge in [-0.2, -0.15) is 13.2 Å². The van der Waals surface area contributed by atoms with Crippen LogP contribution in [0, 0.1) is 0 Å². The fraction of sp³-hybridized carbons (Fsp3) is 0.250. The molecule has 13 heteroatoms. The number of carbonyl (C=O) groups excluding carboxylic acids is 3. The van der Waals surface area contributed by atoms with Gasteiger partial charge in [-0.3, -0.25) is 19.9 Å². The molecule has 3 rings (SSSR count). The largest absolute Gasteiger partial charge is 0.449 e. The van der Waals surface area contributed by atoms with Crippen LogP contribution in [0.3, 0.4) is 0 Å². The first-order chi connectivity index (χ1) is 13.7. The van der Waals surface area contributed by atoms with E-state index in [4.69, 9.17) is 0 Å². The van der Waals surface area contributed by atoms with Crippen LogP contribution in [0.5, 0.6) is 0 Å². The van der Waals surface area contributed by atoms with Crippen LogP contribution in [-0.4, -0.2) is 41.0 Å². The minimum atomic E-state index is -4.48. The van der Waals surface area contributed by atoms with Crippen molar-refractivity contribution < 1.29 is 32.3 Å². The van der Waals surface area contributed by atoms with Gasteiger partial charge in [0.15, 0.2) is 5.37 Å². The molecule has 154 valence electrons. The number of thiophene rings is 1. The van der Waals surface area contributed by atoms with Gasteiger partial charge in [-0.05, 0) is 17.5 Å². The molecule has 3 N–H and O–H groups in total. The minimum absolute atomic E-state index is 0.0155. The molecule has 3 amide bonds. The smallest absolute Gasteiger partial charge is 0.414 e. The quantitative estimate of drug-likeness (QED) is 0.645. The first kappa shape index (κ1) is 20.9. The molecule has 1 aliphatic rings. The number of anilines is 2. The number of pyridine rings is 1. The van der Waals surface area contributed by atoms with Gasteiger partial charge >= 0.3 is 12.3 Å². The molecule has 0 radical (unpaired) electrons. The average Bonchev–Trinajstić information content (AvgIpc) is 3.26. The van der Waals surface area contributed by atoms with Gasteiger partial charge in [-0.25, -0.2) is 4.79 Å². The summed E-state index contributed by atoms with van der Waals surface area (Å²) in [5, 5.41) is 8.48. The molecule has 0 fully saturated rings. The zero-order chi connectivity index (χ0) is 21.0. The lowest BCUT2D eigenvalue weighted by atomic mass is 10.3. The fourth-order valence-corrected chi connectivity index (χ4v) is 4.00. The molecule has 0 saturated heterocycles. The summed E-state index contributed by atoms with van der Waals surface area (Å²) in [6.45, 7) is -0.907. The van der Waals surface area contributed by atoms with E-state index in [9.17, 15) is 27.6 Å². The molecule has 0 aliphatic carbocycles. The standard InChI is InChI=1S/C16H13F3N4O4S2/c17-16(18,19)3-5-27-15(26)23-11(24)8-2-6-28-13(8)22-12(25)14-21-9-7-20-4-1-10(9)29-14/h1-2,4,6-7,14,21H,3,5H2,(H,22,25)(H,23,24,26). The number of aromatic nitrogens is 1. The molecule has 29 heavy (non-hydrogen) atoms. The molecule has 0 spiro atoms. The van der Waals surface area contributed by atoms with Gasteiger partial charge in [0, 0.05) is 11.1 Å². The molecular weight excluding hydrogens is 433 g/mol. The summed E-state index contributed by atoms with van der Waals surface area (Å²) < 4.78 is 40.5. The molecule has 1 aliphatic heterocycles. The zero-order valence-electron chi connectivity index (χ0n) is 14.4. The number of alkyl halides is 3. The number of nitrogens with one attached hydrogen (secondary N) is 3. The van der Waals surface area contributed by atoms with Gasteiger partial charge in [0.25, 0.3) is 11.8 Å². The average molecular weight is 446 g/mol. The Balaban J connectivity index is 1.54. The van der Waals surface area contributed by atoms with Crippen LogP contribution in [0.1, 0.15) is 16.8 Å². The number of carbonyl (C=O) groups is 3. The number of thioether (sulfide) groups is 1. The SMILES string of the molecule is O=C(NC(=O)c1ccsc1NC(=O)C1Nc2cnccc2S1)OCCC(F)(F)F. The molecule has 1 atom stereocenters. The Kier molecular flexibility index (Phi) is 6.27. The van der Waals surface area contributed by atoms with Crippen LogP contribution >= 0.6 is 23.1 Å². The van der Waals surface area contributed by atoms with Crippen molar-refractivity contribution in [1.29, 1.82) is 0 Å². The van der Waals surface area contributed by atoms with E-state index in [0.717, 1.165) is 16.2 Å². The van der Waals surface area contributed by atoms with E-state index in [-0.39, 0.29) is 10.6 Å². The Morgan fingerprint density at radius 1 is 1.28 bits per heavy atom. The van der Waals surface area contributed by atoms with Gasteiger partial charge in [0.2, 0.25) is 0 Å². The summed E-state index contributed by atoms with van der Waals surface area (Å²) in [4.78, 5) is 40.9. The summed E-state index contributed by atoms with van der Waals surface area (Å²) >= 11 is 2.33. The highest BCUT2D eigenvalue weighted by atomic mass is 32.2. The second kappa shape index (κ2) is 8.69. The lowest BCUT2D eigenvalue weighted by Crippen LogP contribution is -2.33. The van der Waals surface area contributed by atoms with Gasteiger partial charge in [0.05, 0.1) is 23.9 Å². The van der Waals surface area contributed by atoms with Crippen molar-refractivity contribution in [3.63, 3.8) is 0 Å². The maximum absolute atomic E-state index is 12.5. The van der Waals surface area contributed by atoms with E-state index in [2.05, 4.69) is 20.4 Å². The molecule has 8 nitrogen and oxygen atoms in total. The van der Waals surface area contributed by atoms with Crippen LogP contribution < -0.4 is 16.0 Å². The fourth-order valence-electron chi connectivity index (χ4n) is 2.23. The van der Waals surface area contributed by atoms with Crippen molar-refractivity contribution in [1.82, 2.24) is 10.3 Å². The normalized spacial score (nSPS) is 15.2. The van der Waals surface area contributed by atoms with Gasteiger partial charge < -0.3 is 15.4 Å². The van der Waals surface area contributed by atoms with Crippen LogP contribution in [0.15, 0.2) is 34.8 Å². The third-order valence-corrected chi connectivity index (χ3v) is 5.54. The minimum Gasteiger partial charge on any atom is -0.449 e. The zero-order valence-corrected chi connectivity index (χ0v) is 16.0. The van der Waals surface area contributed by atoms with Crippen LogP contribution in [0.25, 0.3) is 0 Å². The maximum atomic E-state index is 12.5. The number of fused-ring (bicyclic) bond motifs is 1. The Labute approximate surface area is 170 Å². The van der Waals surface area contributed by atoms with Crippen LogP contribution in [0.4, 0.5) is 28.7 Å². The lowest BCUT2D eigenvalue weighted by molar-refractivity contribution is -0.141. The molecule has 0 bridgehead atoms. The third-order valence-electron chi connectivity index (χ3n) is 3.53. The second-order valence-electron chi connectivity index (χ2n) is 5.62. The van der Waals surface area contributed by atoms with Crippen molar-refractivity contribution in [2.45, 2.75) is 22.9 Å². The first-order valence-corrected chi connectivity index (χ1v) is 9.79. The van der Waals surface area contributed by atoms with E-state index >= 15 is 0 Å². The summed E-state index contributed by atoms with van der Waals surface area (Å²) in [6, 6.07) is 3.13. The number of ether oxygens (including phenoxy) is 1. The van der Waals surface area contributed by atoms with E-state index in [0.29, 0.717) is 5.69 Å². The summed E-state index contributed by atoms with van der Waals surface area (Å²) in [5.41, 5.74) is 0.696. The predicted molar refractivity (Wildman–Crippen MR) is 99.9 cm³/mol. The van der Waals surface area contributed by atoms with E-state index in [1.54, 1.807) is 18.5 Å². The van der Waals surface area contributed by atoms with Crippen LogP contribution in [0.2, 0.25) is 0 Å². The number of halogens is 3. The maximum Gasteiger partial charge on any atom is 0.414 e. The summed E-state index contributed by atoms with van der Waals surface area (Å²) in [5.74, 6) is -1.33. The number of hydrogen-bond donors (Lipinski definition) is 3. The van der Waals surface area contributed by atoms with Gasteiger partial charge in [0.1, 0.15) is 11.6 Å². The van der Waals surface area contributed by atoms with Gasteiger partial charge in [-0.15, -0.1) is 11.3 Å². The third kappa shape index (κ3) is 5.60. The number of nitrogens with zero attached hydrogens (tertiary/aromatic N) is 1. The number of amides is 3. The summed E-state index contributed by atoms with van der Waals surface area (Å²) in [7, 11) is 0. The highest BCUT2D eigenvalue weighted by Gasteiger charge is 2.30. The molecule has 0 saturated carbocycles. The Morgan fingerprint density at radius 2 is 2.07 bits per heavy atom. The van der Waals surface area contributed by atoms with E-state index < -0.39 is 42.5 Å². The summed E-state index contributed by atoms with van der Waals surface area (Å²) in [6.07, 6.45) is -3.92. The second-order valence-corrected chi connectivity index (χ2v) is 7.68. The topological polar surface area (TPSA) is 109 Å². The number of hydrogen-bond acceptors (Lipinski definition) is 8. The molecule has 0 aromatic carbocycles. The number of imide groups is 1. The number of rotatable bonds is 5. The molecule has 1 unspecified atom stereocenters. The highest BCUT2D eigenvalue weighted by molar-refractivity contribution is 8.01. The molecule has 3 heterocycles. The van der Waals surface area contributed by atoms with Crippen molar-refractivity contribution in [2.75, 3.05) is 17.2 Å². The van der Waals surface area contributed by atoms with Crippen molar-refractivity contribution >= 4 is 51.7 Å². The molecule has 2 aromatic rings. The first-order valence-electron chi connectivity index (χ1n) is 8.03.